The third-order valence-electron chi connectivity index (χ3n) is 3.36. The molecule has 0 saturated heterocycles. The van der Waals surface area contributed by atoms with Crippen molar-refractivity contribution in [2.75, 3.05) is 7.05 Å². The Kier molecular flexibility index (Phi) is 5.83. The van der Waals surface area contributed by atoms with Gasteiger partial charge in [0.05, 0.1) is 6.10 Å². The highest BCUT2D eigenvalue weighted by molar-refractivity contribution is 9.10. The Morgan fingerprint density at radius 3 is 2.33 bits per heavy atom. The van der Waals surface area contributed by atoms with Crippen LogP contribution in [0.15, 0.2) is 53.0 Å². The maximum atomic E-state index is 5.94. The van der Waals surface area contributed by atoms with E-state index in [1.807, 2.05) is 19.2 Å². The molecule has 2 aromatic rings. The van der Waals surface area contributed by atoms with Gasteiger partial charge >= 0.3 is 0 Å². The van der Waals surface area contributed by atoms with E-state index >= 15 is 0 Å². The first-order chi connectivity index (χ1) is 10.1. The Balaban J connectivity index is 2.22. The summed E-state index contributed by atoms with van der Waals surface area (Å²) < 4.78 is 7.04. The molecule has 1 unspecified atom stereocenters. The van der Waals surface area contributed by atoms with Crippen molar-refractivity contribution < 1.29 is 4.74 Å². The van der Waals surface area contributed by atoms with E-state index < -0.39 is 0 Å². The molecule has 0 aromatic heterocycles. The highest BCUT2D eigenvalue weighted by atomic mass is 79.9. The first-order valence-electron chi connectivity index (χ1n) is 7.27. The van der Waals surface area contributed by atoms with Crippen LogP contribution in [0.1, 0.15) is 31.0 Å². The molecule has 0 spiro atoms. The number of rotatable bonds is 6. The van der Waals surface area contributed by atoms with Crippen molar-refractivity contribution in [2.45, 2.75) is 32.4 Å². The van der Waals surface area contributed by atoms with Crippen LogP contribution in [-0.4, -0.2) is 13.2 Å². The molecule has 3 heteroatoms. The first-order valence-corrected chi connectivity index (χ1v) is 8.06. The van der Waals surface area contributed by atoms with Crippen molar-refractivity contribution in [1.29, 1.82) is 0 Å². The van der Waals surface area contributed by atoms with Gasteiger partial charge in [-0.15, -0.1) is 0 Å². The summed E-state index contributed by atoms with van der Waals surface area (Å²) in [5.41, 5.74) is 2.51. The Labute approximate surface area is 135 Å². The van der Waals surface area contributed by atoms with Gasteiger partial charge in [-0.25, -0.2) is 0 Å². The molecule has 21 heavy (non-hydrogen) atoms. The molecule has 0 radical (unpaired) electrons. The Morgan fingerprint density at radius 2 is 1.71 bits per heavy atom. The Hall–Kier alpha value is -1.32. The van der Waals surface area contributed by atoms with Crippen LogP contribution in [0, 0.1) is 0 Å². The van der Waals surface area contributed by atoms with Gasteiger partial charge in [0.25, 0.3) is 0 Å². The summed E-state index contributed by atoms with van der Waals surface area (Å²) in [6.07, 6.45) is 1.11. The summed E-state index contributed by atoms with van der Waals surface area (Å²) in [5, 5.41) is 3.40. The molecule has 112 valence electrons. The van der Waals surface area contributed by atoms with E-state index in [1.165, 1.54) is 11.1 Å². The lowest BCUT2D eigenvalue weighted by molar-refractivity contribution is 0.238. The molecule has 1 N–H and O–H groups in total. The van der Waals surface area contributed by atoms with E-state index in [0.29, 0.717) is 0 Å². The van der Waals surface area contributed by atoms with E-state index in [0.717, 1.165) is 16.6 Å². The molecule has 0 amide bonds. The number of likely N-dealkylation sites (N-methyl/N-ethyl adjacent to an activating group) is 1. The number of hydrogen-bond acceptors (Lipinski definition) is 2. The molecule has 0 aliphatic rings. The van der Waals surface area contributed by atoms with Gasteiger partial charge < -0.3 is 10.1 Å². The second kappa shape index (κ2) is 7.62. The third-order valence-corrected chi connectivity index (χ3v) is 3.89. The van der Waals surface area contributed by atoms with Gasteiger partial charge in [0.15, 0.2) is 0 Å². The van der Waals surface area contributed by atoms with E-state index in [1.54, 1.807) is 0 Å². The van der Waals surface area contributed by atoms with Crippen molar-refractivity contribution in [3.63, 3.8) is 0 Å². The minimum atomic E-state index is 0.177. The smallest absolute Gasteiger partial charge is 0.124 e. The van der Waals surface area contributed by atoms with Gasteiger partial charge in [-0.2, -0.15) is 0 Å². The first kappa shape index (κ1) is 16.1. The number of nitrogens with one attached hydrogen (secondary N) is 1. The van der Waals surface area contributed by atoms with Crippen LogP contribution >= 0.6 is 15.9 Å². The fraction of sp³-hybridized carbons (Fsp3) is 0.333. The zero-order chi connectivity index (χ0) is 15.2. The second-order valence-electron chi connectivity index (χ2n) is 5.38. The molecule has 2 rings (SSSR count). The van der Waals surface area contributed by atoms with Crippen LogP contribution in [-0.2, 0) is 6.42 Å². The fourth-order valence-corrected chi connectivity index (χ4v) is 2.62. The van der Waals surface area contributed by atoms with Crippen LogP contribution in [0.3, 0.4) is 0 Å². The number of benzene rings is 2. The standard InChI is InChI=1S/C18H22BrNO/c1-13(2)21-18-7-5-4-6-16(18)17(20-3)12-14-8-10-15(19)11-9-14/h4-11,13,17,20H,12H2,1-3H3. The van der Waals surface area contributed by atoms with E-state index in [9.17, 15) is 0 Å². The summed E-state index contributed by atoms with van der Waals surface area (Å²) >= 11 is 3.48. The molecule has 0 aliphatic carbocycles. The molecular weight excluding hydrogens is 326 g/mol. The summed E-state index contributed by atoms with van der Waals surface area (Å²) in [4.78, 5) is 0. The lowest BCUT2D eigenvalue weighted by Crippen LogP contribution is -2.20. The molecular formula is C18H22BrNO. The molecule has 1 atom stereocenters. The van der Waals surface area contributed by atoms with E-state index in [4.69, 9.17) is 4.74 Å². The van der Waals surface area contributed by atoms with Gasteiger partial charge in [-0.05, 0) is 51.1 Å². The zero-order valence-corrected chi connectivity index (χ0v) is 14.4. The van der Waals surface area contributed by atoms with Crippen molar-refractivity contribution in [1.82, 2.24) is 5.32 Å². The van der Waals surface area contributed by atoms with Crippen molar-refractivity contribution in [3.8, 4) is 5.75 Å². The Morgan fingerprint density at radius 1 is 1.05 bits per heavy atom. The molecule has 0 bridgehead atoms. The summed E-state index contributed by atoms with van der Waals surface area (Å²) in [6, 6.07) is 17.0. The van der Waals surface area contributed by atoms with Gasteiger partial charge in [0.1, 0.15) is 5.75 Å². The van der Waals surface area contributed by atoms with Gasteiger partial charge in [0.2, 0.25) is 0 Å². The Bertz CT molecular complexity index is 566. The van der Waals surface area contributed by atoms with Crippen molar-refractivity contribution in [2.24, 2.45) is 0 Å². The minimum Gasteiger partial charge on any atom is -0.491 e. The van der Waals surface area contributed by atoms with Crippen LogP contribution < -0.4 is 10.1 Å². The number of ether oxygens (including phenoxy) is 1. The van der Waals surface area contributed by atoms with Gasteiger partial charge in [-0.1, -0.05) is 46.3 Å². The van der Waals surface area contributed by atoms with Gasteiger partial charge in [0, 0.05) is 16.1 Å². The summed E-state index contributed by atoms with van der Waals surface area (Å²) in [5.74, 6) is 0.962. The van der Waals surface area contributed by atoms with Crippen LogP contribution in [0.2, 0.25) is 0 Å². The second-order valence-corrected chi connectivity index (χ2v) is 6.29. The zero-order valence-electron chi connectivity index (χ0n) is 12.8. The summed E-state index contributed by atoms with van der Waals surface area (Å²) in [6.45, 7) is 4.11. The van der Waals surface area contributed by atoms with Crippen molar-refractivity contribution in [3.05, 3.63) is 64.1 Å². The predicted octanol–water partition coefficient (Wildman–Crippen LogP) is 4.74. The fourth-order valence-electron chi connectivity index (χ4n) is 2.35. The number of hydrogen-bond donors (Lipinski definition) is 1. The molecule has 0 fully saturated rings. The third kappa shape index (κ3) is 4.58. The predicted molar refractivity (Wildman–Crippen MR) is 91.9 cm³/mol. The highest BCUT2D eigenvalue weighted by Crippen LogP contribution is 2.28. The number of halogens is 1. The average Bonchev–Trinajstić information content (AvgIpc) is 2.47. The minimum absolute atomic E-state index is 0.177. The lowest BCUT2D eigenvalue weighted by atomic mass is 9.98. The van der Waals surface area contributed by atoms with E-state index in [2.05, 4.69) is 71.5 Å². The quantitative estimate of drug-likeness (QED) is 0.814. The molecule has 0 saturated carbocycles. The largest absolute Gasteiger partial charge is 0.491 e. The highest BCUT2D eigenvalue weighted by Gasteiger charge is 2.15. The molecule has 2 nitrogen and oxygen atoms in total. The normalized spacial score (nSPS) is 12.4. The van der Waals surface area contributed by atoms with Crippen LogP contribution in [0.5, 0.6) is 5.75 Å². The van der Waals surface area contributed by atoms with Gasteiger partial charge in [-0.3, -0.25) is 0 Å². The molecule has 2 aromatic carbocycles. The average molecular weight is 348 g/mol. The topological polar surface area (TPSA) is 21.3 Å². The number of para-hydroxylation sites is 1. The van der Waals surface area contributed by atoms with E-state index in [-0.39, 0.29) is 12.1 Å². The monoisotopic (exact) mass is 347 g/mol. The van der Waals surface area contributed by atoms with Crippen molar-refractivity contribution >= 4 is 15.9 Å². The summed E-state index contributed by atoms with van der Waals surface area (Å²) in [7, 11) is 2.00. The molecule has 0 aliphatic heterocycles. The maximum Gasteiger partial charge on any atom is 0.124 e. The maximum absolute atomic E-state index is 5.94. The van der Waals surface area contributed by atoms with Crippen LogP contribution in [0.4, 0.5) is 0 Å². The van der Waals surface area contributed by atoms with Crippen LogP contribution in [0.25, 0.3) is 0 Å². The SMILES string of the molecule is CNC(Cc1ccc(Br)cc1)c1ccccc1OC(C)C. The lowest BCUT2D eigenvalue weighted by Gasteiger charge is -2.21. The molecule has 0 heterocycles.